The fraction of sp³-hybridized carbons (Fsp3) is 0.923. The fourth-order valence-corrected chi connectivity index (χ4v) is 2.57. The molecule has 0 bridgehead atoms. The van der Waals surface area contributed by atoms with Crippen molar-refractivity contribution in [2.45, 2.75) is 32.7 Å². The van der Waals surface area contributed by atoms with E-state index in [2.05, 4.69) is 16.7 Å². The Balaban J connectivity index is 2.33. The Morgan fingerprint density at radius 1 is 1.28 bits per heavy atom. The highest BCUT2D eigenvalue weighted by molar-refractivity contribution is 5.76. The van der Waals surface area contributed by atoms with E-state index < -0.39 is 0 Å². The third-order valence-electron chi connectivity index (χ3n) is 3.84. The van der Waals surface area contributed by atoms with Gasteiger partial charge in [0.25, 0.3) is 0 Å². The van der Waals surface area contributed by atoms with Crippen molar-refractivity contribution in [2.24, 2.45) is 17.4 Å². The van der Waals surface area contributed by atoms with E-state index in [1.165, 1.54) is 12.8 Å². The molecular weight excluding hydrogens is 228 g/mol. The predicted molar refractivity (Wildman–Crippen MR) is 74.1 cm³/mol. The van der Waals surface area contributed by atoms with E-state index in [1.807, 2.05) is 6.92 Å². The van der Waals surface area contributed by atoms with Gasteiger partial charge in [0.05, 0.1) is 0 Å². The number of hydrogen-bond donors (Lipinski definition) is 2. The van der Waals surface area contributed by atoms with Gasteiger partial charge in [-0.15, -0.1) is 0 Å². The Labute approximate surface area is 110 Å². The number of primary amides is 1. The van der Waals surface area contributed by atoms with Crippen LogP contribution in [0.25, 0.3) is 0 Å². The number of rotatable bonds is 7. The molecule has 18 heavy (non-hydrogen) atoms. The van der Waals surface area contributed by atoms with Crippen LogP contribution in [0.4, 0.5) is 0 Å². The average Bonchev–Trinajstić information content (AvgIpc) is 2.37. The lowest BCUT2D eigenvalue weighted by Crippen LogP contribution is -2.53. The molecular formula is C13H28N4O. The number of nitrogens with two attached hydrogens (primary N) is 2. The smallest absolute Gasteiger partial charge is 0.221 e. The third-order valence-corrected chi connectivity index (χ3v) is 3.84. The summed E-state index contributed by atoms with van der Waals surface area (Å²) in [7, 11) is 0. The van der Waals surface area contributed by atoms with Gasteiger partial charge in [-0.1, -0.05) is 20.3 Å². The van der Waals surface area contributed by atoms with E-state index in [0.29, 0.717) is 6.04 Å². The van der Waals surface area contributed by atoms with Crippen molar-refractivity contribution in [1.29, 1.82) is 0 Å². The second-order valence-electron chi connectivity index (χ2n) is 5.32. The van der Waals surface area contributed by atoms with Crippen LogP contribution in [0.5, 0.6) is 0 Å². The lowest BCUT2D eigenvalue weighted by molar-refractivity contribution is -0.122. The van der Waals surface area contributed by atoms with Gasteiger partial charge in [0, 0.05) is 51.2 Å². The number of carbonyl (C=O) groups excluding carboxylic acids is 1. The van der Waals surface area contributed by atoms with E-state index in [9.17, 15) is 4.79 Å². The number of amides is 1. The van der Waals surface area contributed by atoms with Gasteiger partial charge in [-0.05, 0) is 6.42 Å². The van der Waals surface area contributed by atoms with Gasteiger partial charge in [0.15, 0.2) is 0 Å². The molecule has 1 fully saturated rings. The summed E-state index contributed by atoms with van der Waals surface area (Å²) in [5.74, 6) is -0.263. The summed E-state index contributed by atoms with van der Waals surface area (Å²) in [4.78, 5) is 15.9. The van der Waals surface area contributed by atoms with Crippen LogP contribution < -0.4 is 11.5 Å². The van der Waals surface area contributed by atoms with Crippen molar-refractivity contribution < 1.29 is 4.79 Å². The van der Waals surface area contributed by atoms with Crippen molar-refractivity contribution in [1.82, 2.24) is 9.80 Å². The van der Waals surface area contributed by atoms with E-state index in [-0.39, 0.29) is 11.8 Å². The second kappa shape index (κ2) is 7.71. The lowest BCUT2D eigenvalue weighted by atomic mass is 10.1. The molecule has 1 saturated heterocycles. The minimum absolute atomic E-state index is 0.0579. The molecule has 0 aliphatic carbocycles. The molecule has 1 heterocycles. The molecule has 1 rings (SSSR count). The van der Waals surface area contributed by atoms with Gasteiger partial charge in [0.1, 0.15) is 0 Å². The summed E-state index contributed by atoms with van der Waals surface area (Å²) in [6.07, 6.45) is 2.36. The van der Waals surface area contributed by atoms with Crippen LogP contribution in [0.2, 0.25) is 0 Å². The summed E-state index contributed by atoms with van der Waals surface area (Å²) in [5.41, 5.74) is 11.1. The highest BCUT2D eigenvalue weighted by atomic mass is 16.1. The topological polar surface area (TPSA) is 75.6 Å². The maximum absolute atomic E-state index is 11.0. The Kier molecular flexibility index (Phi) is 6.60. The molecule has 5 heteroatoms. The normalized spacial score (nSPS) is 21.7. The molecule has 0 aromatic rings. The molecule has 0 aromatic heterocycles. The first-order valence-corrected chi connectivity index (χ1v) is 7.04. The quantitative estimate of drug-likeness (QED) is 0.664. The predicted octanol–water partition coefficient (Wildman–Crippen LogP) is -0.147. The zero-order valence-electron chi connectivity index (χ0n) is 11.8. The van der Waals surface area contributed by atoms with Gasteiger partial charge in [-0.3, -0.25) is 9.69 Å². The van der Waals surface area contributed by atoms with Gasteiger partial charge >= 0.3 is 0 Å². The molecule has 2 atom stereocenters. The van der Waals surface area contributed by atoms with Gasteiger partial charge < -0.3 is 16.4 Å². The standard InChI is InChI=1S/C13H28N4O/c1-3-4-12(9-14)17-7-5-16(6-8-17)10-11(2)13(15)18/h11-12H,3-10,14H2,1-2H3,(H2,15,18). The molecule has 4 N–H and O–H groups in total. The van der Waals surface area contributed by atoms with E-state index >= 15 is 0 Å². The third kappa shape index (κ3) is 4.55. The van der Waals surface area contributed by atoms with Crippen LogP contribution in [0.1, 0.15) is 26.7 Å². The first-order chi connectivity index (χ1) is 8.58. The summed E-state index contributed by atoms with van der Waals surface area (Å²) in [6, 6.07) is 0.519. The molecule has 0 saturated carbocycles. The molecule has 2 unspecified atom stereocenters. The molecule has 5 nitrogen and oxygen atoms in total. The summed E-state index contributed by atoms with van der Waals surface area (Å²) < 4.78 is 0. The molecule has 106 valence electrons. The number of nitrogens with zero attached hydrogens (tertiary/aromatic N) is 2. The maximum Gasteiger partial charge on any atom is 0.221 e. The van der Waals surface area contributed by atoms with Gasteiger partial charge in [-0.2, -0.15) is 0 Å². The average molecular weight is 256 g/mol. The summed E-state index contributed by atoms with van der Waals surface area (Å²) in [6.45, 7) is 9.74. The minimum atomic E-state index is -0.205. The molecule has 1 aliphatic rings. The van der Waals surface area contributed by atoms with Gasteiger partial charge in [-0.25, -0.2) is 0 Å². The minimum Gasteiger partial charge on any atom is -0.369 e. The van der Waals surface area contributed by atoms with E-state index in [0.717, 1.165) is 39.3 Å². The van der Waals surface area contributed by atoms with E-state index in [1.54, 1.807) is 0 Å². The largest absolute Gasteiger partial charge is 0.369 e. The summed E-state index contributed by atoms with van der Waals surface area (Å²) >= 11 is 0. The van der Waals surface area contributed by atoms with Crippen LogP contribution >= 0.6 is 0 Å². The van der Waals surface area contributed by atoms with Crippen molar-refractivity contribution in [3.63, 3.8) is 0 Å². The van der Waals surface area contributed by atoms with Crippen molar-refractivity contribution >= 4 is 5.91 Å². The van der Waals surface area contributed by atoms with Crippen molar-refractivity contribution in [3.8, 4) is 0 Å². The van der Waals surface area contributed by atoms with Crippen LogP contribution in [0.3, 0.4) is 0 Å². The number of hydrogen-bond acceptors (Lipinski definition) is 4. The highest BCUT2D eigenvalue weighted by Crippen LogP contribution is 2.11. The zero-order chi connectivity index (χ0) is 13.5. The fourth-order valence-electron chi connectivity index (χ4n) is 2.57. The van der Waals surface area contributed by atoms with E-state index in [4.69, 9.17) is 11.5 Å². The Hall–Kier alpha value is -0.650. The van der Waals surface area contributed by atoms with Crippen LogP contribution in [-0.4, -0.2) is 61.0 Å². The maximum atomic E-state index is 11.0. The lowest BCUT2D eigenvalue weighted by Gasteiger charge is -2.39. The monoisotopic (exact) mass is 256 g/mol. The molecule has 1 aliphatic heterocycles. The Bertz CT molecular complexity index is 251. The number of piperazine rings is 1. The SMILES string of the molecule is CCCC(CN)N1CCN(CC(C)C(N)=O)CC1. The molecule has 0 spiro atoms. The van der Waals surface area contributed by atoms with Crippen LogP contribution in [-0.2, 0) is 4.79 Å². The highest BCUT2D eigenvalue weighted by Gasteiger charge is 2.23. The first kappa shape index (κ1) is 15.4. The first-order valence-electron chi connectivity index (χ1n) is 7.04. The Morgan fingerprint density at radius 2 is 1.89 bits per heavy atom. The molecule has 0 radical (unpaired) electrons. The molecule has 0 aromatic carbocycles. The van der Waals surface area contributed by atoms with Crippen molar-refractivity contribution in [3.05, 3.63) is 0 Å². The Morgan fingerprint density at radius 3 is 2.33 bits per heavy atom. The summed E-state index contributed by atoms with van der Waals surface area (Å²) in [5, 5.41) is 0. The molecule has 1 amide bonds. The second-order valence-corrected chi connectivity index (χ2v) is 5.32. The van der Waals surface area contributed by atoms with Gasteiger partial charge in [0.2, 0.25) is 5.91 Å². The zero-order valence-corrected chi connectivity index (χ0v) is 11.8. The van der Waals surface area contributed by atoms with Crippen LogP contribution in [0.15, 0.2) is 0 Å². The van der Waals surface area contributed by atoms with Crippen LogP contribution in [0, 0.1) is 5.92 Å². The van der Waals surface area contributed by atoms with Crippen molar-refractivity contribution in [2.75, 3.05) is 39.3 Å². The number of carbonyl (C=O) groups is 1.